The molecule has 0 radical (unpaired) electrons. The maximum absolute atomic E-state index is 13.0. The zero-order valence-corrected chi connectivity index (χ0v) is 22.7. The molecule has 1 aliphatic carbocycles. The van der Waals surface area contributed by atoms with E-state index >= 15 is 0 Å². The van der Waals surface area contributed by atoms with Crippen LogP contribution in [0.25, 0.3) is 17.1 Å². The number of carbonyl (C=O) groups excluding carboxylic acids is 1. The Morgan fingerprint density at radius 2 is 1.97 bits per heavy atom. The number of nitrogens with zero attached hydrogens (tertiary/aromatic N) is 4. The summed E-state index contributed by atoms with van der Waals surface area (Å²) in [5.74, 6) is 0.992. The first-order valence-electron chi connectivity index (χ1n) is 13.0. The minimum absolute atomic E-state index is 0.134. The molecule has 0 atom stereocenters. The summed E-state index contributed by atoms with van der Waals surface area (Å²) < 4.78 is 7.49. The number of carbonyl (C=O) groups is 1. The number of nitrogens with one attached hydrogen (secondary N) is 2. The number of ether oxygens (including phenoxy) is 1. The lowest BCUT2D eigenvalue weighted by Crippen LogP contribution is -2.43. The van der Waals surface area contributed by atoms with Crippen LogP contribution in [0.3, 0.4) is 0 Å². The first-order valence-corrected chi connectivity index (χ1v) is 13.4. The number of aryl methyl sites for hydroxylation is 1. The van der Waals surface area contributed by atoms with Gasteiger partial charge in [-0.2, -0.15) is 0 Å². The Bertz CT molecular complexity index is 1440. The van der Waals surface area contributed by atoms with E-state index in [2.05, 4.69) is 27.6 Å². The maximum atomic E-state index is 13.0. The van der Waals surface area contributed by atoms with Crippen molar-refractivity contribution in [1.29, 1.82) is 0 Å². The standard InChI is InChI=1S/C28H33ClN6O3/c1-4-5-20-24-23(35(3)27(37)25(20)38-16-17-6-7-17)15-30-28(33-24)32-22-9-8-18(14-21(22)29)26(36)31-19-10-12-34(2)13-11-19/h4-5,8-9,14-15,17,19H,6-7,10-13,16H2,1-3H3,(H,31,36)(H,30,32,33). The van der Waals surface area contributed by atoms with Gasteiger partial charge in [-0.05, 0) is 76.9 Å². The number of allylic oxidation sites excluding steroid dienone is 1. The summed E-state index contributed by atoms with van der Waals surface area (Å²) in [6.07, 6.45) is 9.44. The third-order valence-electron chi connectivity index (χ3n) is 7.15. The number of aromatic nitrogens is 3. The van der Waals surface area contributed by atoms with E-state index in [1.54, 1.807) is 31.4 Å². The third-order valence-corrected chi connectivity index (χ3v) is 7.47. The molecule has 5 rings (SSSR count). The Kier molecular flexibility index (Phi) is 7.67. The number of benzene rings is 1. The van der Waals surface area contributed by atoms with Crippen LogP contribution in [-0.4, -0.2) is 58.1 Å². The molecule has 10 heteroatoms. The Labute approximate surface area is 226 Å². The zero-order valence-electron chi connectivity index (χ0n) is 22.0. The molecular formula is C28H33ClN6O3. The Balaban J connectivity index is 1.39. The molecule has 0 spiro atoms. The number of fused-ring (bicyclic) bond motifs is 1. The maximum Gasteiger partial charge on any atom is 0.293 e. The molecule has 2 aromatic heterocycles. The van der Waals surface area contributed by atoms with Gasteiger partial charge in [0.25, 0.3) is 11.5 Å². The summed E-state index contributed by atoms with van der Waals surface area (Å²) >= 11 is 6.55. The van der Waals surface area contributed by atoms with Gasteiger partial charge in [0, 0.05) is 18.7 Å². The van der Waals surface area contributed by atoms with E-state index in [-0.39, 0.29) is 17.5 Å². The molecule has 38 heavy (non-hydrogen) atoms. The molecule has 2 aliphatic rings. The fourth-order valence-electron chi connectivity index (χ4n) is 4.61. The van der Waals surface area contributed by atoms with Crippen molar-refractivity contribution < 1.29 is 9.53 Å². The summed E-state index contributed by atoms with van der Waals surface area (Å²) in [6, 6.07) is 5.30. The second-order valence-electron chi connectivity index (χ2n) is 10.2. The number of hydrogen-bond donors (Lipinski definition) is 2. The van der Waals surface area contributed by atoms with Gasteiger partial charge in [-0.1, -0.05) is 23.8 Å². The third kappa shape index (κ3) is 5.68. The number of hydrogen-bond acceptors (Lipinski definition) is 7. The van der Waals surface area contributed by atoms with Crippen molar-refractivity contribution in [3.63, 3.8) is 0 Å². The second-order valence-corrected chi connectivity index (χ2v) is 10.6. The van der Waals surface area contributed by atoms with Crippen molar-refractivity contribution in [2.24, 2.45) is 13.0 Å². The lowest BCUT2D eigenvalue weighted by Gasteiger charge is -2.29. The van der Waals surface area contributed by atoms with Crippen LogP contribution in [0.2, 0.25) is 5.02 Å². The molecule has 1 aliphatic heterocycles. The highest BCUT2D eigenvalue weighted by Crippen LogP contribution is 2.32. The van der Waals surface area contributed by atoms with Gasteiger partial charge < -0.3 is 24.8 Å². The van der Waals surface area contributed by atoms with Crippen molar-refractivity contribution >= 4 is 46.3 Å². The Morgan fingerprint density at radius 1 is 1.21 bits per heavy atom. The van der Waals surface area contributed by atoms with Gasteiger partial charge >= 0.3 is 0 Å². The second kappa shape index (κ2) is 11.1. The number of halogens is 1. The van der Waals surface area contributed by atoms with Gasteiger partial charge in [0.1, 0.15) is 5.52 Å². The van der Waals surface area contributed by atoms with Crippen LogP contribution >= 0.6 is 11.6 Å². The predicted octanol–water partition coefficient (Wildman–Crippen LogP) is 4.37. The van der Waals surface area contributed by atoms with Crippen LogP contribution in [0.5, 0.6) is 5.75 Å². The summed E-state index contributed by atoms with van der Waals surface area (Å²) in [4.78, 5) is 37.2. The summed E-state index contributed by atoms with van der Waals surface area (Å²) in [6.45, 7) is 4.35. The molecule has 1 amide bonds. The molecule has 2 N–H and O–H groups in total. The summed E-state index contributed by atoms with van der Waals surface area (Å²) in [5, 5.41) is 6.65. The molecule has 2 fully saturated rings. The number of amides is 1. The highest BCUT2D eigenvalue weighted by atomic mass is 35.5. The highest BCUT2D eigenvalue weighted by molar-refractivity contribution is 6.33. The van der Waals surface area contributed by atoms with E-state index in [1.165, 1.54) is 4.57 Å². The van der Waals surface area contributed by atoms with E-state index in [4.69, 9.17) is 21.3 Å². The van der Waals surface area contributed by atoms with Gasteiger partial charge in [-0.15, -0.1) is 0 Å². The van der Waals surface area contributed by atoms with E-state index < -0.39 is 0 Å². The quantitative estimate of drug-likeness (QED) is 0.441. The van der Waals surface area contributed by atoms with E-state index in [0.29, 0.717) is 57.1 Å². The molecule has 200 valence electrons. The fraction of sp³-hybridized carbons (Fsp3) is 0.429. The average Bonchev–Trinajstić information content (AvgIpc) is 3.74. The number of pyridine rings is 1. The first-order chi connectivity index (χ1) is 18.3. The minimum Gasteiger partial charge on any atom is -0.487 e. The first kappa shape index (κ1) is 26.2. The molecular weight excluding hydrogens is 504 g/mol. The molecule has 0 unspecified atom stereocenters. The molecule has 3 heterocycles. The fourth-order valence-corrected chi connectivity index (χ4v) is 4.84. The van der Waals surface area contributed by atoms with Gasteiger partial charge in [0.15, 0.2) is 5.75 Å². The lowest BCUT2D eigenvalue weighted by molar-refractivity contribution is 0.0917. The Morgan fingerprint density at radius 3 is 2.66 bits per heavy atom. The number of rotatable bonds is 8. The van der Waals surface area contributed by atoms with E-state index in [0.717, 1.165) is 38.8 Å². The molecule has 9 nitrogen and oxygen atoms in total. The van der Waals surface area contributed by atoms with Crippen LogP contribution in [0.1, 0.15) is 48.5 Å². The van der Waals surface area contributed by atoms with Crippen molar-refractivity contribution in [1.82, 2.24) is 24.8 Å². The number of piperidine rings is 1. The smallest absolute Gasteiger partial charge is 0.293 e. The molecule has 1 aromatic carbocycles. The SMILES string of the molecule is CC=Cc1c(OCC2CC2)c(=O)n(C)c2cnc(Nc3ccc(C(=O)NC4CCN(C)CC4)cc3Cl)nc12. The van der Waals surface area contributed by atoms with Crippen molar-refractivity contribution in [2.45, 2.75) is 38.6 Å². The predicted molar refractivity (Wildman–Crippen MR) is 150 cm³/mol. The number of anilines is 2. The van der Waals surface area contributed by atoms with E-state index in [1.807, 2.05) is 19.1 Å². The van der Waals surface area contributed by atoms with Gasteiger partial charge in [-0.3, -0.25) is 9.59 Å². The van der Waals surface area contributed by atoms with Crippen LogP contribution in [0, 0.1) is 5.92 Å². The molecule has 3 aromatic rings. The van der Waals surface area contributed by atoms with Gasteiger partial charge in [0.2, 0.25) is 5.95 Å². The van der Waals surface area contributed by atoms with E-state index in [9.17, 15) is 9.59 Å². The van der Waals surface area contributed by atoms with Crippen LogP contribution in [-0.2, 0) is 7.05 Å². The highest BCUT2D eigenvalue weighted by Gasteiger charge is 2.25. The van der Waals surface area contributed by atoms with Crippen molar-refractivity contribution in [3.8, 4) is 5.75 Å². The largest absolute Gasteiger partial charge is 0.487 e. The summed E-state index contributed by atoms with van der Waals surface area (Å²) in [5.41, 5.74) is 2.68. The minimum atomic E-state index is -0.215. The number of likely N-dealkylation sites (tertiary alicyclic amines) is 1. The molecule has 0 bridgehead atoms. The lowest BCUT2D eigenvalue weighted by atomic mass is 10.0. The van der Waals surface area contributed by atoms with Crippen LogP contribution in [0.4, 0.5) is 11.6 Å². The molecule has 1 saturated heterocycles. The Hall–Kier alpha value is -3.43. The molecule has 1 saturated carbocycles. The summed E-state index contributed by atoms with van der Waals surface area (Å²) in [7, 11) is 3.78. The van der Waals surface area contributed by atoms with Crippen LogP contribution < -0.4 is 20.9 Å². The topological polar surface area (TPSA) is 101 Å². The van der Waals surface area contributed by atoms with Crippen LogP contribution in [0.15, 0.2) is 35.3 Å². The van der Waals surface area contributed by atoms with Crippen molar-refractivity contribution in [3.05, 3.63) is 57.0 Å². The van der Waals surface area contributed by atoms with Gasteiger partial charge in [0.05, 0.1) is 34.6 Å². The monoisotopic (exact) mass is 536 g/mol. The zero-order chi connectivity index (χ0) is 26.8. The average molecular weight is 537 g/mol. The van der Waals surface area contributed by atoms with Gasteiger partial charge in [-0.25, -0.2) is 9.97 Å². The normalized spacial score (nSPS) is 16.7. The van der Waals surface area contributed by atoms with Crippen molar-refractivity contribution in [2.75, 3.05) is 32.1 Å².